The molecule has 28 heavy (non-hydrogen) atoms. The third-order valence-corrected chi connectivity index (χ3v) is 3.93. The Bertz CT molecular complexity index is 1010. The molecule has 3 rings (SSSR count). The van der Waals surface area contributed by atoms with Crippen molar-refractivity contribution in [3.8, 4) is 0 Å². The largest absolute Gasteiger partial charge is 0.322 e. The summed E-state index contributed by atoms with van der Waals surface area (Å²) in [4.78, 5) is 24.4. The lowest BCUT2D eigenvalue weighted by Gasteiger charge is -2.07. The van der Waals surface area contributed by atoms with Gasteiger partial charge in [0.25, 0.3) is 11.8 Å². The van der Waals surface area contributed by atoms with Crippen LogP contribution in [0.2, 0.25) is 0 Å². The number of halogens is 1. The molecular weight excluding hydrogens is 357 g/mol. The lowest BCUT2D eigenvalue weighted by Crippen LogP contribution is -2.17. The Morgan fingerprint density at radius 3 is 2.29 bits per heavy atom. The first-order valence-electron chi connectivity index (χ1n) is 8.58. The van der Waals surface area contributed by atoms with E-state index in [-0.39, 0.29) is 11.7 Å². The van der Waals surface area contributed by atoms with Crippen LogP contribution in [0.1, 0.15) is 31.8 Å². The van der Waals surface area contributed by atoms with Crippen LogP contribution < -0.4 is 10.7 Å². The summed E-state index contributed by atoms with van der Waals surface area (Å²) in [5, 5.41) is 6.64. The van der Waals surface area contributed by atoms with E-state index in [1.54, 1.807) is 48.5 Å². The minimum absolute atomic E-state index is 0.218. The van der Waals surface area contributed by atoms with Crippen LogP contribution in [-0.2, 0) is 0 Å². The molecule has 0 saturated heterocycles. The highest BCUT2D eigenvalue weighted by Gasteiger charge is 2.08. The maximum atomic E-state index is 12.8. The van der Waals surface area contributed by atoms with Crippen LogP contribution in [0.4, 0.5) is 10.1 Å². The van der Waals surface area contributed by atoms with Crippen molar-refractivity contribution in [3.05, 3.63) is 101 Å². The summed E-state index contributed by atoms with van der Waals surface area (Å²) >= 11 is 0. The molecule has 3 aromatic carbocycles. The lowest BCUT2D eigenvalue weighted by molar-refractivity contribution is 0.0954. The Morgan fingerprint density at radius 2 is 1.61 bits per heavy atom. The number of hydrogen-bond donors (Lipinski definition) is 2. The molecule has 0 saturated carbocycles. The molecule has 6 heteroatoms. The molecule has 0 aliphatic heterocycles. The first kappa shape index (κ1) is 19.0. The standard InChI is InChI=1S/C22H18FN3O2/c1-15-3-2-4-18(13-15)21(27)25-20-11-7-17(8-12-20)22(28)26-24-14-16-5-9-19(23)10-6-16/h2-14H,1H3,(H,25,27)(H,26,28)/b24-14-. The zero-order chi connectivity index (χ0) is 19.9. The number of anilines is 1. The van der Waals surface area contributed by atoms with Crippen LogP contribution >= 0.6 is 0 Å². The van der Waals surface area contributed by atoms with Crippen molar-refractivity contribution in [2.75, 3.05) is 5.32 Å². The van der Waals surface area contributed by atoms with Gasteiger partial charge >= 0.3 is 0 Å². The number of nitrogens with one attached hydrogen (secondary N) is 2. The van der Waals surface area contributed by atoms with Gasteiger partial charge in [-0.2, -0.15) is 5.10 Å². The van der Waals surface area contributed by atoms with Gasteiger partial charge in [0.2, 0.25) is 0 Å². The van der Waals surface area contributed by atoms with Crippen molar-refractivity contribution in [1.82, 2.24) is 5.43 Å². The van der Waals surface area contributed by atoms with Gasteiger partial charge in [0.1, 0.15) is 5.82 Å². The lowest BCUT2D eigenvalue weighted by atomic mass is 10.1. The van der Waals surface area contributed by atoms with Crippen molar-refractivity contribution >= 4 is 23.7 Å². The van der Waals surface area contributed by atoms with E-state index in [0.717, 1.165) is 5.56 Å². The normalized spacial score (nSPS) is 10.6. The van der Waals surface area contributed by atoms with Gasteiger partial charge in [-0.15, -0.1) is 0 Å². The zero-order valence-electron chi connectivity index (χ0n) is 15.1. The van der Waals surface area contributed by atoms with Gasteiger partial charge in [-0.05, 0) is 61.0 Å². The predicted octanol–water partition coefficient (Wildman–Crippen LogP) is 4.15. The summed E-state index contributed by atoms with van der Waals surface area (Å²) in [6, 6.07) is 19.5. The van der Waals surface area contributed by atoms with Gasteiger partial charge in [0.05, 0.1) is 6.21 Å². The van der Waals surface area contributed by atoms with Crippen molar-refractivity contribution in [3.63, 3.8) is 0 Å². The average molecular weight is 375 g/mol. The molecule has 0 aromatic heterocycles. The second-order valence-electron chi connectivity index (χ2n) is 6.15. The third kappa shape index (κ3) is 5.11. The number of rotatable bonds is 5. The zero-order valence-corrected chi connectivity index (χ0v) is 15.1. The number of carbonyl (C=O) groups excluding carboxylic acids is 2. The molecule has 2 N–H and O–H groups in total. The fourth-order valence-corrected chi connectivity index (χ4v) is 2.47. The monoisotopic (exact) mass is 375 g/mol. The SMILES string of the molecule is Cc1cccc(C(=O)Nc2ccc(C(=O)N/N=C\c3ccc(F)cc3)cc2)c1. The number of hydrazone groups is 1. The molecule has 5 nitrogen and oxygen atoms in total. The highest BCUT2D eigenvalue weighted by molar-refractivity contribution is 6.04. The molecule has 0 spiro atoms. The molecule has 0 bridgehead atoms. The Kier molecular flexibility index (Phi) is 5.91. The van der Waals surface area contributed by atoms with Crippen LogP contribution in [0.3, 0.4) is 0 Å². The van der Waals surface area contributed by atoms with E-state index in [2.05, 4.69) is 15.8 Å². The maximum absolute atomic E-state index is 12.8. The van der Waals surface area contributed by atoms with Gasteiger partial charge in [-0.3, -0.25) is 9.59 Å². The Labute approximate surface area is 161 Å². The van der Waals surface area contributed by atoms with Gasteiger partial charge in [-0.25, -0.2) is 9.82 Å². The molecule has 0 unspecified atom stereocenters. The quantitative estimate of drug-likeness (QED) is 0.519. The van der Waals surface area contributed by atoms with E-state index >= 15 is 0 Å². The van der Waals surface area contributed by atoms with E-state index in [9.17, 15) is 14.0 Å². The van der Waals surface area contributed by atoms with Crippen LogP contribution in [0.15, 0.2) is 77.9 Å². The molecule has 0 aliphatic carbocycles. The molecular formula is C22H18FN3O2. The number of amides is 2. The summed E-state index contributed by atoms with van der Waals surface area (Å²) in [7, 11) is 0. The molecule has 140 valence electrons. The van der Waals surface area contributed by atoms with Crippen LogP contribution in [-0.4, -0.2) is 18.0 Å². The van der Waals surface area contributed by atoms with E-state index in [1.807, 2.05) is 19.1 Å². The topological polar surface area (TPSA) is 70.6 Å². The summed E-state index contributed by atoms with van der Waals surface area (Å²) in [6.07, 6.45) is 1.42. The van der Waals surface area contributed by atoms with E-state index in [0.29, 0.717) is 22.4 Å². The molecule has 3 aromatic rings. The number of benzene rings is 3. The second kappa shape index (κ2) is 8.73. The number of hydrogen-bond acceptors (Lipinski definition) is 3. The maximum Gasteiger partial charge on any atom is 0.271 e. The molecule has 0 heterocycles. The van der Waals surface area contributed by atoms with E-state index < -0.39 is 5.91 Å². The minimum Gasteiger partial charge on any atom is -0.322 e. The Balaban J connectivity index is 1.58. The summed E-state index contributed by atoms with van der Waals surface area (Å²) in [5.74, 6) is -0.949. The van der Waals surface area contributed by atoms with Crippen molar-refractivity contribution in [2.24, 2.45) is 5.10 Å². The smallest absolute Gasteiger partial charge is 0.271 e. The second-order valence-corrected chi connectivity index (χ2v) is 6.15. The molecule has 0 atom stereocenters. The van der Waals surface area contributed by atoms with E-state index in [1.165, 1.54) is 18.3 Å². The molecule has 2 amide bonds. The van der Waals surface area contributed by atoms with Crippen LogP contribution in [0.5, 0.6) is 0 Å². The first-order chi connectivity index (χ1) is 13.5. The molecule has 0 aliphatic rings. The number of carbonyl (C=O) groups is 2. The predicted molar refractivity (Wildman–Crippen MR) is 107 cm³/mol. The highest BCUT2D eigenvalue weighted by atomic mass is 19.1. The summed E-state index contributed by atoms with van der Waals surface area (Å²) in [5.41, 5.74) is 5.61. The summed E-state index contributed by atoms with van der Waals surface area (Å²) in [6.45, 7) is 1.92. The highest BCUT2D eigenvalue weighted by Crippen LogP contribution is 2.12. The first-order valence-corrected chi connectivity index (χ1v) is 8.58. The number of nitrogens with zero attached hydrogens (tertiary/aromatic N) is 1. The molecule has 0 radical (unpaired) electrons. The van der Waals surface area contributed by atoms with Crippen molar-refractivity contribution in [1.29, 1.82) is 0 Å². The van der Waals surface area contributed by atoms with Gasteiger partial charge in [0.15, 0.2) is 0 Å². The summed E-state index contributed by atoms with van der Waals surface area (Å²) < 4.78 is 12.8. The fraction of sp³-hybridized carbons (Fsp3) is 0.0455. The molecule has 0 fully saturated rings. The fourth-order valence-electron chi connectivity index (χ4n) is 2.47. The average Bonchev–Trinajstić information content (AvgIpc) is 2.70. The van der Waals surface area contributed by atoms with Crippen molar-refractivity contribution in [2.45, 2.75) is 6.92 Å². The number of aryl methyl sites for hydroxylation is 1. The Hall–Kier alpha value is -3.80. The van der Waals surface area contributed by atoms with Gasteiger partial charge in [0, 0.05) is 16.8 Å². The van der Waals surface area contributed by atoms with E-state index in [4.69, 9.17) is 0 Å². The van der Waals surface area contributed by atoms with Crippen LogP contribution in [0.25, 0.3) is 0 Å². The Morgan fingerprint density at radius 1 is 0.893 bits per heavy atom. The van der Waals surface area contributed by atoms with Gasteiger partial charge in [-0.1, -0.05) is 29.8 Å². The minimum atomic E-state index is -0.394. The third-order valence-electron chi connectivity index (χ3n) is 3.93. The van der Waals surface area contributed by atoms with Crippen LogP contribution in [0, 0.1) is 12.7 Å². The van der Waals surface area contributed by atoms with Crippen molar-refractivity contribution < 1.29 is 14.0 Å². The van der Waals surface area contributed by atoms with Gasteiger partial charge < -0.3 is 5.32 Å².